The molecule has 0 aliphatic heterocycles. The van der Waals surface area contributed by atoms with Gasteiger partial charge < -0.3 is 10.2 Å². The molecule has 6 nitrogen and oxygen atoms in total. The van der Waals surface area contributed by atoms with Crippen molar-refractivity contribution in [2.24, 2.45) is 4.99 Å². The molecule has 3 rings (SSSR count). The monoisotopic (exact) mass is 468 g/mol. The van der Waals surface area contributed by atoms with Crippen molar-refractivity contribution in [3.05, 3.63) is 58.5 Å². The number of thiophene rings is 1. The zero-order valence-electron chi connectivity index (χ0n) is 14.1. The molecule has 25 heavy (non-hydrogen) atoms. The highest BCUT2D eigenvalue weighted by molar-refractivity contribution is 14.0. The molecule has 8 heteroatoms. The smallest absolute Gasteiger partial charge is 0.193 e. The van der Waals surface area contributed by atoms with E-state index in [-0.39, 0.29) is 24.0 Å². The molecule has 0 saturated carbocycles. The summed E-state index contributed by atoms with van der Waals surface area (Å²) in [6, 6.07) is 10.3. The van der Waals surface area contributed by atoms with E-state index in [0.717, 1.165) is 29.5 Å². The van der Waals surface area contributed by atoms with Gasteiger partial charge in [-0.1, -0.05) is 18.2 Å². The van der Waals surface area contributed by atoms with Crippen molar-refractivity contribution in [1.29, 1.82) is 0 Å². The maximum Gasteiger partial charge on any atom is 0.193 e. The van der Waals surface area contributed by atoms with Crippen LogP contribution in [0.1, 0.15) is 11.1 Å². The fourth-order valence-corrected chi connectivity index (χ4v) is 3.13. The molecule has 0 bridgehead atoms. The number of rotatable bonds is 5. The molecular formula is C17H21IN6S. The molecule has 2 aromatic heterocycles. The molecule has 0 aliphatic rings. The van der Waals surface area contributed by atoms with E-state index in [1.807, 2.05) is 19.2 Å². The van der Waals surface area contributed by atoms with E-state index < -0.39 is 0 Å². The number of halogens is 1. The summed E-state index contributed by atoms with van der Waals surface area (Å²) in [6.45, 7) is 1.53. The van der Waals surface area contributed by atoms with Gasteiger partial charge in [-0.3, -0.25) is 10.1 Å². The SMILES string of the molecule is CN=C(NCc1cccc(-c2ncn[nH]2)c1)N(C)Cc1ccsc1.I. The molecule has 0 saturated heterocycles. The van der Waals surface area contributed by atoms with Gasteiger partial charge in [0.05, 0.1) is 0 Å². The number of aliphatic imine (C=N–C) groups is 1. The quantitative estimate of drug-likeness (QED) is 0.343. The zero-order chi connectivity index (χ0) is 16.8. The van der Waals surface area contributed by atoms with E-state index >= 15 is 0 Å². The lowest BCUT2D eigenvalue weighted by Gasteiger charge is -2.21. The maximum absolute atomic E-state index is 4.36. The van der Waals surface area contributed by atoms with E-state index in [1.54, 1.807) is 18.4 Å². The largest absolute Gasteiger partial charge is 0.352 e. The first-order chi connectivity index (χ1) is 11.8. The van der Waals surface area contributed by atoms with Crippen LogP contribution in [0.3, 0.4) is 0 Å². The Morgan fingerprint density at radius 2 is 2.20 bits per heavy atom. The molecule has 0 radical (unpaired) electrons. The normalized spacial score (nSPS) is 11.0. The van der Waals surface area contributed by atoms with Crippen LogP contribution >= 0.6 is 35.3 Å². The average molecular weight is 468 g/mol. The van der Waals surface area contributed by atoms with Crippen molar-refractivity contribution in [3.63, 3.8) is 0 Å². The predicted octanol–water partition coefficient (Wildman–Crippen LogP) is 3.36. The molecule has 0 unspecified atom stereocenters. The Morgan fingerprint density at radius 1 is 1.32 bits per heavy atom. The number of hydrogen-bond acceptors (Lipinski definition) is 4. The zero-order valence-corrected chi connectivity index (χ0v) is 17.3. The van der Waals surface area contributed by atoms with E-state index in [2.05, 4.69) is 59.3 Å². The van der Waals surface area contributed by atoms with Gasteiger partial charge in [0.1, 0.15) is 6.33 Å². The topological polar surface area (TPSA) is 69.2 Å². The summed E-state index contributed by atoms with van der Waals surface area (Å²) in [6.07, 6.45) is 1.52. The summed E-state index contributed by atoms with van der Waals surface area (Å²) in [7, 11) is 3.84. The minimum atomic E-state index is 0. The lowest BCUT2D eigenvalue weighted by Crippen LogP contribution is -2.37. The molecule has 3 aromatic rings. The van der Waals surface area contributed by atoms with Crippen LogP contribution in [0.2, 0.25) is 0 Å². The second kappa shape index (κ2) is 9.52. The highest BCUT2D eigenvalue weighted by Crippen LogP contribution is 2.15. The Bertz CT molecular complexity index is 785. The summed E-state index contributed by atoms with van der Waals surface area (Å²) in [5.41, 5.74) is 3.47. The minimum Gasteiger partial charge on any atom is -0.352 e. The van der Waals surface area contributed by atoms with Crippen molar-refractivity contribution < 1.29 is 0 Å². The third-order valence-corrected chi connectivity index (χ3v) is 4.37. The van der Waals surface area contributed by atoms with Crippen LogP contribution in [-0.2, 0) is 13.1 Å². The van der Waals surface area contributed by atoms with Gasteiger partial charge in [0.15, 0.2) is 11.8 Å². The Morgan fingerprint density at radius 3 is 2.88 bits per heavy atom. The molecule has 0 fully saturated rings. The minimum absolute atomic E-state index is 0. The van der Waals surface area contributed by atoms with Crippen molar-refractivity contribution in [2.45, 2.75) is 13.1 Å². The molecule has 0 spiro atoms. The molecule has 0 atom stereocenters. The van der Waals surface area contributed by atoms with Gasteiger partial charge in [0.25, 0.3) is 0 Å². The van der Waals surface area contributed by atoms with Gasteiger partial charge >= 0.3 is 0 Å². The first kappa shape index (κ1) is 19.4. The highest BCUT2D eigenvalue weighted by atomic mass is 127. The number of nitrogens with zero attached hydrogens (tertiary/aromatic N) is 4. The molecule has 1 aromatic carbocycles. The van der Waals surface area contributed by atoms with Gasteiger partial charge in [-0.2, -0.15) is 16.4 Å². The fraction of sp³-hybridized carbons (Fsp3) is 0.235. The second-order valence-electron chi connectivity index (χ2n) is 5.42. The van der Waals surface area contributed by atoms with Crippen molar-refractivity contribution in [3.8, 4) is 11.4 Å². The molecule has 132 valence electrons. The summed E-state index contributed by atoms with van der Waals surface area (Å²) in [4.78, 5) is 10.7. The lowest BCUT2D eigenvalue weighted by atomic mass is 10.1. The van der Waals surface area contributed by atoms with Gasteiger partial charge in [-0.05, 0) is 34.0 Å². The number of aromatic nitrogens is 3. The molecular weight excluding hydrogens is 447 g/mol. The van der Waals surface area contributed by atoms with E-state index in [4.69, 9.17) is 0 Å². The van der Waals surface area contributed by atoms with Crippen LogP contribution in [-0.4, -0.2) is 40.1 Å². The van der Waals surface area contributed by atoms with E-state index in [0.29, 0.717) is 6.54 Å². The average Bonchev–Trinajstić information content (AvgIpc) is 3.29. The molecule has 2 heterocycles. The number of aromatic amines is 1. The van der Waals surface area contributed by atoms with Crippen LogP contribution in [0, 0.1) is 0 Å². The standard InChI is InChI=1S/C17H20N6S.HI/c1-18-17(23(2)10-14-6-7-24-11-14)19-9-13-4-3-5-15(8-13)16-20-12-21-22-16;/h3-8,11-12H,9-10H2,1-2H3,(H,18,19)(H,20,21,22);1H. The third kappa shape index (κ3) is 5.27. The first-order valence-electron chi connectivity index (χ1n) is 7.64. The third-order valence-electron chi connectivity index (χ3n) is 3.64. The maximum atomic E-state index is 4.36. The Hall–Kier alpha value is -1.94. The molecule has 0 aliphatic carbocycles. The Balaban J connectivity index is 0.00000225. The number of nitrogens with one attached hydrogen (secondary N) is 2. The van der Waals surface area contributed by atoms with Crippen molar-refractivity contribution >= 4 is 41.3 Å². The number of hydrogen-bond donors (Lipinski definition) is 2. The van der Waals surface area contributed by atoms with Gasteiger partial charge in [-0.15, -0.1) is 24.0 Å². The summed E-state index contributed by atoms with van der Waals surface area (Å²) in [5, 5.41) is 14.4. The summed E-state index contributed by atoms with van der Waals surface area (Å²) >= 11 is 1.71. The van der Waals surface area contributed by atoms with Gasteiger partial charge in [0, 0.05) is 32.7 Å². The van der Waals surface area contributed by atoms with Crippen molar-refractivity contribution in [2.75, 3.05) is 14.1 Å². The van der Waals surface area contributed by atoms with Gasteiger partial charge in [-0.25, -0.2) is 4.98 Å². The van der Waals surface area contributed by atoms with E-state index in [9.17, 15) is 0 Å². The van der Waals surface area contributed by atoms with Crippen molar-refractivity contribution in [1.82, 2.24) is 25.4 Å². The summed E-state index contributed by atoms with van der Waals surface area (Å²) in [5.74, 6) is 1.64. The Kier molecular flexibility index (Phi) is 7.38. The lowest BCUT2D eigenvalue weighted by molar-refractivity contribution is 0.477. The second-order valence-corrected chi connectivity index (χ2v) is 6.20. The number of H-pyrrole nitrogens is 1. The fourth-order valence-electron chi connectivity index (χ4n) is 2.47. The van der Waals surface area contributed by atoms with Gasteiger partial charge in [0.2, 0.25) is 0 Å². The highest BCUT2D eigenvalue weighted by Gasteiger charge is 2.07. The van der Waals surface area contributed by atoms with Crippen LogP contribution < -0.4 is 5.32 Å². The molecule has 0 amide bonds. The van der Waals surface area contributed by atoms with Crippen LogP contribution in [0.25, 0.3) is 11.4 Å². The number of benzene rings is 1. The predicted molar refractivity (Wildman–Crippen MR) is 113 cm³/mol. The summed E-state index contributed by atoms with van der Waals surface area (Å²) < 4.78 is 0. The number of guanidine groups is 1. The first-order valence-corrected chi connectivity index (χ1v) is 8.58. The van der Waals surface area contributed by atoms with Crippen LogP contribution in [0.4, 0.5) is 0 Å². The molecule has 2 N–H and O–H groups in total. The van der Waals surface area contributed by atoms with Crippen LogP contribution in [0.15, 0.2) is 52.4 Å². The van der Waals surface area contributed by atoms with E-state index in [1.165, 1.54) is 11.9 Å². The Labute approximate surface area is 168 Å². The van der Waals surface area contributed by atoms with Crippen LogP contribution in [0.5, 0.6) is 0 Å².